The lowest BCUT2D eigenvalue weighted by atomic mass is 9.97. The fourth-order valence-corrected chi connectivity index (χ4v) is 3.06. The van der Waals surface area contributed by atoms with Gasteiger partial charge in [-0.1, -0.05) is 24.3 Å². The first kappa shape index (κ1) is 16.1. The summed E-state index contributed by atoms with van der Waals surface area (Å²) in [7, 11) is 0. The van der Waals surface area contributed by atoms with Crippen LogP contribution in [0.2, 0.25) is 0 Å². The maximum atomic E-state index is 13.2. The second-order valence-corrected chi connectivity index (χ2v) is 5.93. The summed E-state index contributed by atoms with van der Waals surface area (Å²) in [4.78, 5) is 11.5. The Morgan fingerprint density at radius 1 is 1.21 bits per heavy atom. The number of alkyl halides is 3. The summed E-state index contributed by atoms with van der Waals surface area (Å²) in [5.41, 5.74) is -0.880. The quantitative estimate of drug-likeness (QED) is 0.869. The highest BCUT2D eigenvalue weighted by atomic mass is 32.1. The summed E-state index contributed by atoms with van der Waals surface area (Å²) < 4.78 is 41.8. The molecule has 0 amide bonds. The Kier molecular flexibility index (Phi) is 4.03. The number of hydrogen-bond acceptors (Lipinski definition) is 4. The molecule has 0 radical (unpaired) electrons. The van der Waals surface area contributed by atoms with E-state index in [0.717, 1.165) is 23.7 Å². The zero-order chi connectivity index (χ0) is 17.3. The molecule has 0 saturated carbocycles. The van der Waals surface area contributed by atoms with E-state index in [0.29, 0.717) is 5.56 Å². The Morgan fingerprint density at radius 2 is 1.92 bits per heavy atom. The summed E-state index contributed by atoms with van der Waals surface area (Å²) in [5, 5.41) is 11.9. The van der Waals surface area contributed by atoms with Gasteiger partial charge in [-0.2, -0.15) is 18.4 Å². The molecule has 3 rings (SSSR count). The Morgan fingerprint density at radius 3 is 2.54 bits per heavy atom. The lowest BCUT2D eigenvalue weighted by molar-refractivity contribution is -0.137. The molecule has 2 N–H and O–H groups in total. The van der Waals surface area contributed by atoms with Gasteiger partial charge in [0.15, 0.2) is 5.56 Å². The predicted octanol–water partition coefficient (Wildman–Crippen LogP) is 4.28. The van der Waals surface area contributed by atoms with Crippen molar-refractivity contribution in [2.45, 2.75) is 12.1 Å². The number of nitriles is 1. The maximum absolute atomic E-state index is 13.2. The molecule has 122 valence electrons. The van der Waals surface area contributed by atoms with Crippen molar-refractivity contribution in [1.82, 2.24) is 4.37 Å². The highest BCUT2D eigenvalue weighted by molar-refractivity contribution is 7.10. The number of H-pyrrole nitrogens is 1. The highest BCUT2D eigenvalue weighted by Gasteiger charge is 2.32. The van der Waals surface area contributed by atoms with Crippen molar-refractivity contribution in [2.75, 3.05) is 5.32 Å². The largest absolute Gasteiger partial charge is 0.416 e. The minimum Gasteiger partial charge on any atom is -0.345 e. The fraction of sp³-hybridized carbons (Fsp3) is 0.125. The number of aromatic amines is 1. The van der Waals surface area contributed by atoms with E-state index < -0.39 is 17.3 Å². The zero-order valence-corrected chi connectivity index (χ0v) is 12.8. The number of hydrogen-bond donors (Lipinski definition) is 2. The second kappa shape index (κ2) is 6.02. The highest BCUT2D eigenvalue weighted by Crippen LogP contribution is 2.36. The molecular formula is C16H10F3N3OS. The molecule has 0 aliphatic heterocycles. The van der Waals surface area contributed by atoms with E-state index >= 15 is 0 Å². The van der Waals surface area contributed by atoms with Crippen LogP contribution >= 0.6 is 11.5 Å². The van der Waals surface area contributed by atoms with Gasteiger partial charge in [0.05, 0.1) is 5.56 Å². The van der Waals surface area contributed by atoms with Crippen molar-refractivity contribution in [3.05, 3.63) is 69.5 Å². The average Bonchev–Trinajstić information content (AvgIpc) is 3.16. The van der Waals surface area contributed by atoms with Gasteiger partial charge in [-0.15, -0.1) is 0 Å². The molecule has 0 fully saturated rings. The number of allylic oxidation sites excluding steroid dienone is 4. The third kappa shape index (κ3) is 3.12. The first-order valence-electron chi connectivity index (χ1n) is 6.84. The molecule has 8 heteroatoms. The van der Waals surface area contributed by atoms with Crippen molar-refractivity contribution in [2.24, 2.45) is 0 Å². The first-order chi connectivity index (χ1) is 11.4. The van der Waals surface area contributed by atoms with Crippen molar-refractivity contribution in [1.29, 1.82) is 5.26 Å². The Balaban J connectivity index is 2.05. The molecule has 1 heterocycles. The van der Waals surface area contributed by atoms with Gasteiger partial charge in [-0.25, -0.2) is 0 Å². The molecule has 1 aromatic carbocycles. The van der Waals surface area contributed by atoms with Crippen LogP contribution in [0.25, 0.3) is 0 Å². The standard InChI is InChI=1S/C16H10F3N3OS/c17-16(18,19)11-5-10(9-3-1-2-4-9)6-12(7-11)21-15-13(8-20)14(23)22-24-15/h1-7,9,21H,(H,22,23). The third-order valence-corrected chi connectivity index (χ3v) is 4.28. The molecule has 1 aromatic heterocycles. The minimum absolute atomic E-state index is 0.153. The topological polar surface area (TPSA) is 68.7 Å². The smallest absolute Gasteiger partial charge is 0.345 e. The number of aromatic nitrogens is 1. The van der Waals surface area contributed by atoms with Crippen LogP contribution in [0, 0.1) is 11.3 Å². The average molecular weight is 349 g/mol. The summed E-state index contributed by atoms with van der Waals surface area (Å²) >= 11 is 0.867. The number of nitrogens with zero attached hydrogens (tertiary/aromatic N) is 1. The van der Waals surface area contributed by atoms with Crippen molar-refractivity contribution in [3.63, 3.8) is 0 Å². The SMILES string of the molecule is N#Cc1c(Nc2cc(C3C=CC=C3)cc(C(F)(F)F)c2)s[nH]c1=O. The number of halogens is 3. The zero-order valence-electron chi connectivity index (χ0n) is 12.0. The summed E-state index contributed by atoms with van der Waals surface area (Å²) in [6.45, 7) is 0. The second-order valence-electron chi connectivity index (χ2n) is 5.11. The number of rotatable bonds is 3. The van der Waals surface area contributed by atoms with E-state index in [1.54, 1.807) is 36.4 Å². The van der Waals surface area contributed by atoms with E-state index in [1.165, 1.54) is 0 Å². The van der Waals surface area contributed by atoms with Gasteiger partial charge in [0.2, 0.25) is 0 Å². The van der Waals surface area contributed by atoms with Gasteiger partial charge < -0.3 is 5.32 Å². The van der Waals surface area contributed by atoms with E-state index in [2.05, 4.69) is 9.69 Å². The van der Waals surface area contributed by atoms with Crippen LogP contribution in [0.3, 0.4) is 0 Å². The lowest BCUT2D eigenvalue weighted by Crippen LogP contribution is -2.08. The number of nitrogens with one attached hydrogen (secondary N) is 2. The minimum atomic E-state index is -4.50. The lowest BCUT2D eigenvalue weighted by Gasteiger charge is -2.15. The summed E-state index contributed by atoms with van der Waals surface area (Å²) in [6.07, 6.45) is 2.61. The van der Waals surface area contributed by atoms with Crippen LogP contribution in [-0.2, 0) is 6.18 Å². The van der Waals surface area contributed by atoms with Gasteiger partial charge in [0, 0.05) is 11.6 Å². The van der Waals surface area contributed by atoms with Gasteiger partial charge in [0.1, 0.15) is 11.1 Å². The number of benzene rings is 1. The van der Waals surface area contributed by atoms with Crippen LogP contribution in [0.1, 0.15) is 22.6 Å². The van der Waals surface area contributed by atoms with Gasteiger partial charge >= 0.3 is 6.18 Å². The summed E-state index contributed by atoms with van der Waals surface area (Å²) in [6, 6.07) is 5.37. The molecule has 1 aliphatic carbocycles. The van der Waals surface area contributed by atoms with Gasteiger partial charge in [0.25, 0.3) is 5.56 Å². The molecule has 0 atom stereocenters. The van der Waals surface area contributed by atoms with Crippen LogP contribution in [0.4, 0.5) is 23.9 Å². The van der Waals surface area contributed by atoms with Gasteiger partial charge in [-0.05, 0) is 35.3 Å². The van der Waals surface area contributed by atoms with Crippen LogP contribution in [0.5, 0.6) is 0 Å². The van der Waals surface area contributed by atoms with Crippen molar-refractivity contribution in [3.8, 4) is 6.07 Å². The molecule has 0 unspecified atom stereocenters. The molecule has 24 heavy (non-hydrogen) atoms. The molecule has 2 aromatic rings. The maximum Gasteiger partial charge on any atom is 0.416 e. The summed E-state index contributed by atoms with van der Waals surface area (Å²) in [5.74, 6) is -0.242. The Bertz CT molecular complexity index is 919. The van der Waals surface area contributed by atoms with Crippen LogP contribution < -0.4 is 10.9 Å². The van der Waals surface area contributed by atoms with E-state index in [-0.39, 0.29) is 22.2 Å². The monoisotopic (exact) mass is 349 g/mol. The van der Waals surface area contributed by atoms with Crippen molar-refractivity contribution < 1.29 is 13.2 Å². The molecule has 4 nitrogen and oxygen atoms in total. The van der Waals surface area contributed by atoms with Crippen molar-refractivity contribution >= 4 is 22.2 Å². The fourth-order valence-electron chi connectivity index (χ4n) is 2.36. The number of anilines is 2. The third-order valence-electron chi connectivity index (χ3n) is 3.49. The molecular weight excluding hydrogens is 339 g/mol. The van der Waals surface area contributed by atoms with Crippen LogP contribution in [-0.4, -0.2) is 4.37 Å². The van der Waals surface area contributed by atoms with E-state index in [9.17, 15) is 18.0 Å². The Hall–Kier alpha value is -2.79. The normalized spacial score (nSPS) is 14.1. The van der Waals surface area contributed by atoms with E-state index in [1.807, 2.05) is 0 Å². The Labute approximate surface area is 138 Å². The predicted molar refractivity (Wildman–Crippen MR) is 85.4 cm³/mol. The van der Waals surface area contributed by atoms with Gasteiger partial charge in [-0.3, -0.25) is 9.17 Å². The van der Waals surface area contributed by atoms with Crippen LogP contribution in [0.15, 0.2) is 47.3 Å². The molecule has 0 spiro atoms. The van der Waals surface area contributed by atoms with E-state index in [4.69, 9.17) is 5.26 Å². The molecule has 1 aliphatic rings. The first-order valence-corrected chi connectivity index (χ1v) is 7.66. The molecule has 0 bridgehead atoms. The molecule has 0 saturated heterocycles.